The van der Waals surface area contributed by atoms with Crippen molar-refractivity contribution in [2.45, 2.75) is 26.4 Å². The molecule has 0 spiro atoms. The molecule has 8 heteroatoms. The van der Waals surface area contributed by atoms with Crippen molar-refractivity contribution in [1.82, 2.24) is 4.98 Å². The molecule has 7 nitrogen and oxygen atoms in total. The lowest BCUT2D eigenvalue weighted by atomic mass is 10.2. The van der Waals surface area contributed by atoms with Crippen molar-refractivity contribution in [2.24, 2.45) is 5.16 Å². The number of oxime groups is 1. The van der Waals surface area contributed by atoms with Gasteiger partial charge in [-0.3, -0.25) is 10.1 Å². The molecule has 0 aliphatic carbocycles. The highest BCUT2D eigenvalue weighted by Gasteiger charge is 2.31. The second-order valence-corrected chi connectivity index (χ2v) is 4.99. The van der Waals surface area contributed by atoms with E-state index in [1.807, 2.05) is 13.8 Å². The fourth-order valence-electron chi connectivity index (χ4n) is 1.36. The third kappa shape index (κ3) is 2.48. The molecule has 1 amide bonds. The molecule has 0 aromatic carbocycles. The third-order valence-electron chi connectivity index (χ3n) is 2.47. The van der Waals surface area contributed by atoms with E-state index < -0.39 is 18.0 Å². The Morgan fingerprint density at radius 1 is 1.50 bits per heavy atom. The average molecular weight is 269 g/mol. The number of carboxylic acids is 1. The summed E-state index contributed by atoms with van der Waals surface area (Å²) in [6, 6.07) is 0. The van der Waals surface area contributed by atoms with Crippen LogP contribution < -0.4 is 5.32 Å². The van der Waals surface area contributed by atoms with Gasteiger partial charge in [0.25, 0.3) is 5.91 Å². The van der Waals surface area contributed by atoms with Crippen molar-refractivity contribution in [3.8, 4) is 0 Å². The van der Waals surface area contributed by atoms with Crippen LogP contribution in [0.2, 0.25) is 0 Å². The van der Waals surface area contributed by atoms with Crippen LogP contribution >= 0.6 is 11.3 Å². The van der Waals surface area contributed by atoms with Crippen LogP contribution in [0.15, 0.2) is 5.16 Å². The van der Waals surface area contributed by atoms with Gasteiger partial charge in [0.15, 0.2) is 10.8 Å². The van der Waals surface area contributed by atoms with E-state index in [0.717, 1.165) is 10.6 Å². The van der Waals surface area contributed by atoms with Gasteiger partial charge in [0.1, 0.15) is 0 Å². The number of nitrogens with zero attached hydrogens (tertiary/aromatic N) is 2. The van der Waals surface area contributed by atoms with Crippen LogP contribution in [0.4, 0.5) is 5.13 Å². The summed E-state index contributed by atoms with van der Waals surface area (Å²) in [5, 5.41) is 15.1. The molecule has 18 heavy (non-hydrogen) atoms. The lowest BCUT2D eigenvalue weighted by Crippen LogP contribution is -2.28. The monoisotopic (exact) mass is 269 g/mol. The number of carbonyl (C=O) groups is 2. The summed E-state index contributed by atoms with van der Waals surface area (Å²) < 4.78 is 0. The summed E-state index contributed by atoms with van der Waals surface area (Å²) in [4.78, 5) is 32.3. The molecule has 1 atom stereocenters. The summed E-state index contributed by atoms with van der Waals surface area (Å²) in [6.07, 6.45) is -0.939. The zero-order valence-corrected chi connectivity index (χ0v) is 10.6. The van der Waals surface area contributed by atoms with Crippen molar-refractivity contribution in [2.75, 3.05) is 5.32 Å². The Kier molecular flexibility index (Phi) is 3.28. The Morgan fingerprint density at radius 3 is 2.72 bits per heavy atom. The van der Waals surface area contributed by atoms with Crippen LogP contribution in [-0.2, 0) is 14.4 Å². The molecule has 1 aromatic heterocycles. The first-order valence-corrected chi connectivity index (χ1v) is 6.00. The number of aliphatic carboxylic acids is 1. The smallest absolute Gasteiger partial charge is 0.353 e. The summed E-state index contributed by atoms with van der Waals surface area (Å²) in [5.74, 6) is -1.62. The molecule has 1 aliphatic rings. The number of rotatable bonds is 3. The number of aryl methyl sites for hydroxylation is 2. The van der Waals surface area contributed by atoms with E-state index in [1.54, 1.807) is 0 Å². The number of hydrogen-bond acceptors (Lipinski definition) is 6. The predicted molar refractivity (Wildman–Crippen MR) is 64.8 cm³/mol. The van der Waals surface area contributed by atoms with E-state index >= 15 is 0 Å². The van der Waals surface area contributed by atoms with Gasteiger partial charge in [0.05, 0.1) is 5.69 Å². The Hall–Kier alpha value is -1.96. The maximum Gasteiger partial charge on any atom is 0.353 e. The van der Waals surface area contributed by atoms with Gasteiger partial charge in [0.2, 0.25) is 6.10 Å². The van der Waals surface area contributed by atoms with E-state index in [2.05, 4.69) is 15.5 Å². The molecule has 96 valence electrons. The van der Waals surface area contributed by atoms with E-state index in [0.29, 0.717) is 5.13 Å². The number of amides is 1. The second kappa shape index (κ2) is 4.73. The molecule has 2 heterocycles. The predicted octanol–water partition coefficient (Wildman–Crippen LogP) is 0.928. The molecular weight excluding hydrogens is 258 g/mol. The molecule has 2 rings (SSSR count). The van der Waals surface area contributed by atoms with Crippen LogP contribution in [0, 0.1) is 13.8 Å². The van der Waals surface area contributed by atoms with Crippen LogP contribution in [0.1, 0.15) is 17.0 Å². The van der Waals surface area contributed by atoms with E-state index in [1.165, 1.54) is 11.3 Å². The molecule has 1 unspecified atom stereocenters. The number of carbonyl (C=O) groups excluding carboxylic acids is 1. The van der Waals surface area contributed by atoms with Gasteiger partial charge in [-0.05, 0) is 13.8 Å². The van der Waals surface area contributed by atoms with Gasteiger partial charge in [-0.25, -0.2) is 9.78 Å². The summed E-state index contributed by atoms with van der Waals surface area (Å²) in [5.41, 5.74) is 0.701. The molecule has 0 radical (unpaired) electrons. The molecular formula is C10H11N3O4S. The van der Waals surface area contributed by atoms with Crippen LogP contribution in [-0.4, -0.2) is 33.8 Å². The van der Waals surface area contributed by atoms with Crippen LogP contribution in [0.5, 0.6) is 0 Å². The standard InChI is InChI=1S/C10H11N3O4S/c1-4-5(2)18-10(11-4)12-8(14)7-3-6(9(15)16)13-17-7/h7H,3H2,1-2H3,(H,15,16)(H,11,12,14). The molecule has 2 N–H and O–H groups in total. The highest BCUT2D eigenvalue weighted by Crippen LogP contribution is 2.22. The van der Waals surface area contributed by atoms with Gasteiger partial charge in [-0.1, -0.05) is 5.16 Å². The van der Waals surface area contributed by atoms with Gasteiger partial charge in [0, 0.05) is 11.3 Å². The Bertz CT molecular complexity index is 518. The highest BCUT2D eigenvalue weighted by molar-refractivity contribution is 7.15. The number of aromatic nitrogens is 1. The Balaban J connectivity index is 1.96. The first-order valence-electron chi connectivity index (χ1n) is 5.18. The molecule has 0 saturated heterocycles. The van der Waals surface area contributed by atoms with Crippen molar-refractivity contribution in [3.05, 3.63) is 10.6 Å². The average Bonchev–Trinajstić information content (AvgIpc) is 2.87. The van der Waals surface area contributed by atoms with Crippen LogP contribution in [0.25, 0.3) is 0 Å². The Morgan fingerprint density at radius 2 is 2.22 bits per heavy atom. The first-order chi connectivity index (χ1) is 8.47. The summed E-state index contributed by atoms with van der Waals surface area (Å²) in [7, 11) is 0. The van der Waals surface area contributed by atoms with E-state index in [9.17, 15) is 9.59 Å². The zero-order valence-electron chi connectivity index (χ0n) is 9.76. The molecule has 0 saturated carbocycles. The van der Waals surface area contributed by atoms with Crippen molar-refractivity contribution >= 4 is 34.1 Å². The lowest BCUT2D eigenvalue weighted by molar-refractivity contribution is -0.129. The molecule has 1 aromatic rings. The minimum Gasteiger partial charge on any atom is -0.477 e. The number of thiazole rings is 1. The van der Waals surface area contributed by atoms with Gasteiger partial charge in [-0.15, -0.1) is 11.3 Å². The number of hydrogen-bond donors (Lipinski definition) is 2. The SMILES string of the molecule is Cc1nc(NC(=O)C2CC(C(=O)O)=NO2)sc1C. The fraction of sp³-hybridized carbons (Fsp3) is 0.400. The van der Waals surface area contributed by atoms with Crippen LogP contribution in [0.3, 0.4) is 0 Å². The largest absolute Gasteiger partial charge is 0.477 e. The van der Waals surface area contributed by atoms with E-state index in [-0.39, 0.29) is 12.1 Å². The summed E-state index contributed by atoms with van der Waals surface area (Å²) >= 11 is 1.36. The highest BCUT2D eigenvalue weighted by atomic mass is 32.1. The van der Waals surface area contributed by atoms with Gasteiger partial charge < -0.3 is 9.94 Å². The molecule has 0 bridgehead atoms. The number of nitrogens with one attached hydrogen (secondary N) is 1. The van der Waals surface area contributed by atoms with Crippen molar-refractivity contribution in [1.29, 1.82) is 0 Å². The lowest BCUT2D eigenvalue weighted by Gasteiger charge is -2.06. The van der Waals surface area contributed by atoms with E-state index in [4.69, 9.17) is 9.94 Å². The van der Waals surface area contributed by atoms with Crippen molar-refractivity contribution in [3.63, 3.8) is 0 Å². The zero-order chi connectivity index (χ0) is 13.3. The molecule has 0 fully saturated rings. The maximum atomic E-state index is 11.8. The molecule has 1 aliphatic heterocycles. The van der Waals surface area contributed by atoms with Gasteiger partial charge >= 0.3 is 5.97 Å². The normalized spacial score (nSPS) is 18.1. The minimum absolute atomic E-state index is 0.0372. The second-order valence-electron chi connectivity index (χ2n) is 3.79. The van der Waals surface area contributed by atoms with Crippen molar-refractivity contribution < 1.29 is 19.5 Å². The summed E-state index contributed by atoms with van der Waals surface area (Å²) in [6.45, 7) is 3.75. The topological polar surface area (TPSA) is 101 Å². The fourth-order valence-corrected chi connectivity index (χ4v) is 2.17. The first kappa shape index (κ1) is 12.5. The minimum atomic E-state index is -1.17. The Labute approximate surface area is 106 Å². The third-order valence-corrected chi connectivity index (χ3v) is 3.46. The quantitative estimate of drug-likeness (QED) is 0.850. The maximum absolute atomic E-state index is 11.8. The number of carboxylic acid groups (broad SMARTS) is 1. The number of anilines is 1. The van der Waals surface area contributed by atoms with Gasteiger partial charge in [-0.2, -0.15) is 0 Å².